The number of rotatable bonds is 2. The normalized spacial score (nSPS) is 34.0. The quantitative estimate of drug-likeness (QED) is 0.739. The van der Waals surface area contributed by atoms with Gasteiger partial charge in [0.1, 0.15) is 5.37 Å². The second-order valence-corrected chi connectivity index (χ2v) is 6.48. The predicted molar refractivity (Wildman–Crippen MR) is 79.0 cm³/mol. The minimum atomic E-state index is -0.867. The number of nitrogens with zero attached hydrogens (tertiary/aromatic N) is 1. The summed E-state index contributed by atoms with van der Waals surface area (Å²) < 4.78 is 0. The maximum absolute atomic E-state index is 12.1. The molecule has 7 heteroatoms. The van der Waals surface area contributed by atoms with Crippen LogP contribution < -0.4 is 10.2 Å². The van der Waals surface area contributed by atoms with Crippen LogP contribution in [0.15, 0.2) is 24.3 Å². The molecule has 0 saturated carbocycles. The molecule has 3 rings (SSSR count). The molecule has 0 aliphatic carbocycles. The van der Waals surface area contributed by atoms with Gasteiger partial charge >= 0.3 is 0 Å². The molecule has 3 N–H and O–H groups in total. The Kier molecular flexibility index (Phi) is 3.92. The lowest BCUT2D eigenvalue weighted by Gasteiger charge is -2.30. The summed E-state index contributed by atoms with van der Waals surface area (Å²) in [5.41, 5.74) is 0.754. The molecule has 1 aromatic carbocycles. The summed E-state index contributed by atoms with van der Waals surface area (Å²) >= 11 is 7.34. The lowest BCUT2D eigenvalue weighted by molar-refractivity contribution is -0.116. The van der Waals surface area contributed by atoms with Gasteiger partial charge in [-0.1, -0.05) is 11.6 Å². The minimum absolute atomic E-state index is 0.00212. The van der Waals surface area contributed by atoms with Crippen LogP contribution in [0, 0.1) is 0 Å². The molecule has 0 spiro atoms. The van der Waals surface area contributed by atoms with Crippen LogP contribution >= 0.6 is 23.4 Å². The standard InChI is InChI=1S/C13H15ClN2O3S/c14-7-1-3-8(4-2-7)16-10(18)6-20-13(16)11-12(19)9(17)5-15-11/h1-4,9,11-13,15,17,19H,5-6H2/t9-,11-,12-,13-/m1/s1. The lowest BCUT2D eigenvalue weighted by atomic mass is 10.1. The third-order valence-electron chi connectivity index (χ3n) is 3.64. The van der Waals surface area contributed by atoms with Gasteiger partial charge in [-0.2, -0.15) is 0 Å². The van der Waals surface area contributed by atoms with Crippen molar-refractivity contribution in [2.24, 2.45) is 0 Å². The number of carbonyl (C=O) groups excluding carboxylic acids is 1. The molecular formula is C13H15ClN2O3S. The van der Waals surface area contributed by atoms with E-state index in [9.17, 15) is 15.0 Å². The highest BCUT2D eigenvalue weighted by Gasteiger charge is 2.45. The minimum Gasteiger partial charge on any atom is -0.389 e. The van der Waals surface area contributed by atoms with Gasteiger partial charge in [-0.3, -0.25) is 9.69 Å². The topological polar surface area (TPSA) is 72.8 Å². The van der Waals surface area contributed by atoms with E-state index in [1.807, 2.05) is 0 Å². The Morgan fingerprint density at radius 2 is 2.00 bits per heavy atom. The van der Waals surface area contributed by atoms with Crippen LogP contribution in [0.5, 0.6) is 0 Å². The SMILES string of the molecule is O=C1CS[C@H]([C@@H]2NC[C@@H](O)[C@H]2O)N1c1ccc(Cl)cc1. The van der Waals surface area contributed by atoms with Gasteiger partial charge in [0.2, 0.25) is 5.91 Å². The molecule has 1 amide bonds. The second-order valence-electron chi connectivity index (χ2n) is 4.93. The Bertz CT molecular complexity index is 513. The Hall–Kier alpha value is -0.790. The Morgan fingerprint density at radius 3 is 2.60 bits per heavy atom. The molecular weight excluding hydrogens is 300 g/mol. The summed E-state index contributed by atoms with van der Waals surface area (Å²) in [6.07, 6.45) is -1.66. The Labute approximate surface area is 125 Å². The molecule has 0 aromatic heterocycles. The predicted octanol–water partition coefficient (Wildman–Crippen LogP) is 0.440. The van der Waals surface area contributed by atoms with E-state index >= 15 is 0 Å². The van der Waals surface area contributed by atoms with E-state index in [2.05, 4.69) is 5.32 Å². The number of thioether (sulfide) groups is 1. The van der Waals surface area contributed by atoms with Gasteiger partial charge in [-0.15, -0.1) is 11.8 Å². The first kappa shape index (κ1) is 14.2. The summed E-state index contributed by atoms with van der Waals surface area (Å²) in [5, 5.41) is 23.1. The summed E-state index contributed by atoms with van der Waals surface area (Å²) in [4.78, 5) is 13.8. The summed E-state index contributed by atoms with van der Waals surface area (Å²) in [6.45, 7) is 0.339. The van der Waals surface area contributed by atoms with Crippen molar-refractivity contribution in [1.29, 1.82) is 0 Å². The number of amides is 1. The zero-order valence-corrected chi connectivity index (χ0v) is 12.1. The molecule has 108 valence electrons. The molecule has 4 atom stereocenters. The zero-order chi connectivity index (χ0) is 14.3. The number of carbonyl (C=O) groups is 1. The molecule has 2 heterocycles. The van der Waals surface area contributed by atoms with Gasteiger partial charge in [-0.05, 0) is 24.3 Å². The average molecular weight is 315 g/mol. The smallest absolute Gasteiger partial charge is 0.238 e. The lowest BCUT2D eigenvalue weighted by Crippen LogP contribution is -2.49. The van der Waals surface area contributed by atoms with E-state index in [1.165, 1.54) is 11.8 Å². The number of anilines is 1. The molecule has 1 aromatic rings. The summed E-state index contributed by atoms with van der Waals surface area (Å²) in [7, 11) is 0. The molecule has 5 nitrogen and oxygen atoms in total. The molecule has 0 bridgehead atoms. The van der Waals surface area contributed by atoms with Crippen LogP contribution in [0.2, 0.25) is 5.02 Å². The highest BCUT2D eigenvalue weighted by molar-refractivity contribution is 8.01. The van der Waals surface area contributed by atoms with Crippen molar-refractivity contribution in [2.45, 2.75) is 23.6 Å². The highest BCUT2D eigenvalue weighted by Crippen LogP contribution is 2.35. The number of hydrogen-bond donors (Lipinski definition) is 3. The first-order valence-electron chi connectivity index (χ1n) is 6.36. The molecule has 0 radical (unpaired) electrons. The van der Waals surface area contributed by atoms with Crippen molar-refractivity contribution in [2.75, 3.05) is 17.2 Å². The van der Waals surface area contributed by atoms with Gasteiger partial charge < -0.3 is 15.5 Å². The molecule has 2 fully saturated rings. The van der Waals surface area contributed by atoms with Gasteiger partial charge in [0.25, 0.3) is 0 Å². The van der Waals surface area contributed by atoms with Crippen LogP contribution in [0.3, 0.4) is 0 Å². The highest BCUT2D eigenvalue weighted by atomic mass is 35.5. The van der Waals surface area contributed by atoms with Crippen molar-refractivity contribution in [1.82, 2.24) is 5.32 Å². The number of benzene rings is 1. The van der Waals surface area contributed by atoms with E-state index in [4.69, 9.17) is 11.6 Å². The fourth-order valence-electron chi connectivity index (χ4n) is 2.61. The molecule has 2 saturated heterocycles. The Morgan fingerprint density at radius 1 is 1.30 bits per heavy atom. The van der Waals surface area contributed by atoms with Crippen LogP contribution in [-0.2, 0) is 4.79 Å². The average Bonchev–Trinajstić information content (AvgIpc) is 2.96. The Balaban J connectivity index is 1.87. The maximum atomic E-state index is 12.1. The monoisotopic (exact) mass is 314 g/mol. The second kappa shape index (κ2) is 5.54. The molecule has 0 unspecified atom stereocenters. The van der Waals surface area contributed by atoms with Gasteiger partial charge in [0.05, 0.1) is 24.0 Å². The van der Waals surface area contributed by atoms with Gasteiger partial charge in [0.15, 0.2) is 0 Å². The van der Waals surface area contributed by atoms with Crippen LogP contribution in [0.1, 0.15) is 0 Å². The summed E-state index contributed by atoms with van der Waals surface area (Å²) in [6, 6.07) is 6.71. The third-order valence-corrected chi connectivity index (χ3v) is 5.15. The molecule has 20 heavy (non-hydrogen) atoms. The number of nitrogens with one attached hydrogen (secondary N) is 1. The van der Waals surface area contributed by atoms with E-state index < -0.39 is 12.2 Å². The van der Waals surface area contributed by atoms with E-state index in [-0.39, 0.29) is 17.3 Å². The van der Waals surface area contributed by atoms with Crippen molar-refractivity contribution >= 4 is 35.0 Å². The van der Waals surface area contributed by atoms with Crippen molar-refractivity contribution < 1.29 is 15.0 Å². The van der Waals surface area contributed by atoms with Crippen molar-refractivity contribution in [3.63, 3.8) is 0 Å². The number of β-amino-alcohol motifs (C(OH)–C–C–N with tert-alkyl or cyclic N) is 1. The number of aliphatic hydroxyl groups excluding tert-OH is 2. The summed E-state index contributed by atoms with van der Waals surface area (Å²) in [5.74, 6) is 0.367. The number of aliphatic hydroxyl groups is 2. The van der Waals surface area contributed by atoms with Crippen molar-refractivity contribution in [3.8, 4) is 0 Å². The van der Waals surface area contributed by atoms with Gasteiger partial charge in [0, 0.05) is 17.3 Å². The molecule has 2 aliphatic rings. The number of hydrogen-bond acceptors (Lipinski definition) is 5. The fourth-order valence-corrected chi connectivity index (χ4v) is 4.04. The third kappa shape index (κ3) is 2.42. The van der Waals surface area contributed by atoms with E-state index in [0.717, 1.165) is 5.69 Å². The van der Waals surface area contributed by atoms with Gasteiger partial charge in [-0.25, -0.2) is 0 Å². The van der Waals surface area contributed by atoms with E-state index in [1.54, 1.807) is 29.2 Å². The number of halogens is 1. The van der Waals surface area contributed by atoms with Crippen LogP contribution in [0.25, 0.3) is 0 Å². The van der Waals surface area contributed by atoms with Crippen molar-refractivity contribution in [3.05, 3.63) is 29.3 Å². The first-order chi connectivity index (χ1) is 9.58. The van der Waals surface area contributed by atoms with Crippen LogP contribution in [0.4, 0.5) is 5.69 Å². The first-order valence-corrected chi connectivity index (χ1v) is 7.79. The van der Waals surface area contributed by atoms with Crippen LogP contribution in [-0.4, -0.2) is 52.0 Å². The largest absolute Gasteiger partial charge is 0.389 e. The zero-order valence-electron chi connectivity index (χ0n) is 10.6. The maximum Gasteiger partial charge on any atom is 0.238 e. The van der Waals surface area contributed by atoms with E-state index in [0.29, 0.717) is 17.3 Å². The molecule has 2 aliphatic heterocycles. The fraction of sp³-hybridized carbons (Fsp3) is 0.462.